The topological polar surface area (TPSA) is 38.2 Å². The summed E-state index contributed by atoms with van der Waals surface area (Å²) in [5, 5.41) is 8.30. The Kier molecular flexibility index (Phi) is 3.35. The SMILES string of the molecule is CN(CCOc1nnc(Br)s1)C1CC1. The fourth-order valence-corrected chi connectivity index (χ4v) is 2.17. The summed E-state index contributed by atoms with van der Waals surface area (Å²) in [6.07, 6.45) is 2.67. The Hall–Kier alpha value is -0.200. The minimum Gasteiger partial charge on any atom is -0.468 e. The van der Waals surface area contributed by atoms with Gasteiger partial charge in [0, 0.05) is 12.6 Å². The third-order valence-corrected chi connectivity index (χ3v) is 3.49. The maximum absolute atomic E-state index is 5.45. The third-order valence-electron chi connectivity index (χ3n) is 2.22. The van der Waals surface area contributed by atoms with Crippen molar-refractivity contribution in [3.63, 3.8) is 0 Å². The molecule has 4 nitrogen and oxygen atoms in total. The summed E-state index contributed by atoms with van der Waals surface area (Å²) in [5.74, 6) is 0. The van der Waals surface area contributed by atoms with Gasteiger partial charge >= 0.3 is 0 Å². The van der Waals surface area contributed by atoms with Gasteiger partial charge in [0.15, 0.2) is 3.92 Å². The molecule has 0 spiro atoms. The molecule has 0 aliphatic heterocycles. The summed E-state index contributed by atoms with van der Waals surface area (Å²) in [5.41, 5.74) is 0. The molecule has 0 aromatic carbocycles. The smallest absolute Gasteiger partial charge is 0.294 e. The third kappa shape index (κ3) is 2.90. The van der Waals surface area contributed by atoms with Crippen LogP contribution in [0.5, 0.6) is 5.19 Å². The number of aromatic nitrogens is 2. The van der Waals surface area contributed by atoms with Crippen LogP contribution >= 0.6 is 27.3 Å². The van der Waals surface area contributed by atoms with Gasteiger partial charge in [-0.25, -0.2) is 0 Å². The van der Waals surface area contributed by atoms with Gasteiger partial charge in [-0.2, -0.15) is 0 Å². The number of rotatable bonds is 5. The van der Waals surface area contributed by atoms with Crippen LogP contribution in [-0.4, -0.2) is 41.3 Å². The van der Waals surface area contributed by atoms with E-state index in [0.717, 1.165) is 16.5 Å². The molecule has 0 saturated heterocycles. The van der Waals surface area contributed by atoms with Crippen molar-refractivity contribution in [2.45, 2.75) is 18.9 Å². The van der Waals surface area contributed by atoms with Crippen LogP contribution < -0.4 is 4.74 Å². The van der Waals surface area contributed by atoms with E-state index >= 15 is 0 Å². The maximum atomic E-state index is 5.45. The van der Waals surface area contributed by atoms with E-state index in [0.29, 0.717) is 11.8 Å². The zero-order chi connectivity index (χ0) is 9.97. The predicted molar refractivity (Wildman–Crippen MR) is 58.8 cm³/mol. The monoisotopic (exact) mass is 277 g/mol. The molecule has 0 radical (unpaired) electrons. The second kappa shape index (κ2) is 4.55. The van der Waals surface area contributed by atoms with Gasteiger partial charge in [-0.1, -0.05) is 5.10 Å². The van der Waals surface area contributed by atoms with Crippen LogP contribution in [0.25, 0.3) is 0 Å². The zero-order valence-corrected chi connectivity index (χ0v) is 10.3. The summed E-state index contributed by atoms with van der Waals surface area (Å²) in [6, 6.07) is 0.791. The molecular weight excluding hydrogens is 266 g/mol. The van der Waals surface area contributed by atoms with Crippen LogP contribution in [0.4, 0.5) is 0 Å². The van der Waals surface area contributed by atoms with E-state index in [1.54, 1.807) is 0 Å². The van der Waals surface area contributed by atoms with Crippen LogP contribution in [0.1, 0.15) is 12.8 Å². The first-order valence-corrected chi connectivity index (χ1v) is 6.18. The van der Waals surface area contributed by atoms with Gasteiger partial charge in [0.05, 0.1) is 0 Å². The minimum atomic E-state index is 0.640. The second-order valence-electron chi connectivity index (χ2n) is 3.38. The van der Waals surface area contributed by atoms with E-state index < -0.39 is 0 Å². The molecule has 1 aromatic rings. The van der Waals surface area contributed by atoms with E-state index in [1.165, 1.54) is 24.2 Å². The summed E-state index contributed by atoms with van der Waals surface area (Å²) in [7, 11) is 2.14. The average Bonchev–Trinajstić information content (AvgIpc) is 2.92. The second-order valence-corrected chi connectivity index (χ2v) is 5.60. The highest BCUT2D eigenvalue weighted by atomic mass is 79.9. The minimum absolute atomic E-state index is 0.640. The van der Waals surface area contributed by atoms with E-state index in [9.17, 15) is 0 Å². The summed E-state index contributed by atoms with van der Waals surface area (Å²) < 4.78 is 6.22. The Morgan fingerprint density at radius 2 is 2.36 bits per heavy atom. The highest BCUT2D eigenvalue weighted by molar-refractivity contribution is 9.11. The molecule has 1 aromatic heterocycles. The number of halogens is 1. The fourth-order valence-electron chi connectivity index (χ4n) is 1.23. The molecular formula is C8H12BrN3OS. The number of nitrogens with zero attached hydrogens (tertiary/aromatic N) is 3. The molecule has 0 N–H and O–H groups in total. The first-order chi connectivity index (χ1) is 6.75. The van der Waals surface area contributed by atoms with E-state index in [4.69, 9.17) is 4.74 Å². The van der Waals surface area contributed by atoms with E-state index in [1.807, 2.05) is 0 Å². The molecule has 1 aliphatic carbocycles. The lowest BCUT2D eigenvalue weighted by atomic mass is 10.5. The molecule has 1 aliphatic rings. The molecule has 0 unspecified atom stereocenters. The first-order valence-electron chi connectivity index (χ1n) is 4.58. The first kappa shape index (κ1) is 10.3. The molecule has 2 rings (SSSR count). The Morgan fingerprint density at radius 1 is 1.57 bits per heavy atom. The Bertz CT molecular complexity index is 303. The lowest BCUT2D eigenvalue weighted by Crippen LogP contribution is -2.26. The van der Waals surface area contributed by atoms with Crippen LogP contribution in [0.3, 0.4) is 0 Å². The van der Waals surface area contributed by atoms with Crippen molar-refractivity contribution in [1.29, 1.82) is 0 Å². The van der Waals surface area contributed by atoms with Crippen molar-refractivity contribution in [2.75, 3.05) is 20.2 Å². The summed E-state index contributed by atoms with van der Waals surface area (Å²) in [6.45, 7) is 1.65. The molecule has 1 heterocycles. The quantitative estimate of drug-likeness (QED) is 0.822. The number of likely N-dealkylation sites (N-methyl/N-ethyl adjacent to an activating group) is 1. The van der Waals surface area contributed by atoms with Gasteiger partial charge < -0.3 is 9.64 Å². The predicted octanol–water partition coefficient (Wildman–Crippen LogP) is 1.77. The van der Waals surface area contributed by atoms with Crippen molar-refractivity contribution in [3.05, 3.63) is 3.92 Å². The highest BCUT2D eigenvalue weighted by Crippen LogP contribution is 2.25. The van der Waals surface area contributed by atoms with Crippen molar-refractivity contribution in [2.24, 2.45) is 0 Å². The summed E-state index contributed by atoms with van der Waals surface area (Å²) in [4.78, 5) is 2.33. The Morgan fingerprint density at radius 3 is 2.93 bits per heavy atom. The molecule has 78 valence electrons. The Balaban J connectivity index is 1.67. The average molecular weight is 278 g/mol. The molecule has 0 amide bonds. The van der Waals surface area contributed by atoms with Gasteiger partial charge in [-0.3, -0.25) is 0 Å². The van der Waals surface area contributed by atoms with Crippen molar-refractivity contribution in [3.8, 4) is 5.19 Å². The molecule has 0 atom stereocenters. The van der Waals surface area contributed by atoms with Crippen LogP contribution in [0, 0.1) is 0 Å². The number of hydrogen-bond donors (Lipinski definition) is 0. The van der Waals surface area contributed by atoms with Crippen LogP contribution in [0.15, 0.2) is 3.92 Å². The molecule has 1 saturated carbocycles. The van der Waals surface area contributed by atoms with Gasteiger partial charge in [-0.15, -0.1) is 5.10 Å². The van der Waals surface area contributed by atoms with Crippen LogP contribution in [-0.2, 0) is 0 Å². The summed E-state index contributed by atoms with van der Waals surface area (Å²) >= 11 is 4.66. The largest absolute Gasteiger partial charge is 0.468 e. The lowest BCUT2D eigenvalue weighted by molar-refractivity contribution is 0.230. The van der Waals surface area contributed by atoms with Crippen molar-refractivity contribution >= 4 is 27.3 Å². The Labute approximate surface area is 95.4 Å². The van der Waals surface area contributed by atoms with Crippen molar-refractivity contribution < 1.29 is 4.74 Å². The van der Waals surface area contributed by atoms with Gasteiger partial charge in [-0.05, 0) is 47.2 Å². The number of hydrogen-bond acceptors (Lipinski definition) is 5. The normalized spacial score (nSPS) is 16.2. The highest BCUT2D eigenvalue weighted by Gasteiger charge is 2.25. The fraction of sp³-hybridized carbons (Fsp3) is 0.750. The molecule has 6 heteroatoms. The van der Waals surface area contributed by atoms with Gasteiger partial charge in [0.25, 0.3) is 5.19 Å². The number of ether oxygens (including phenoxy) is 1. The molecule has 14 heavy (non-hydrogen) atoms. The zero-order valence-electron chi connectivity index (χ0n) is 7.94. The van der Waals surface area contributed by atoms with Gasteiger partial charge in [0.2, 0.25) is 0 Å². The van der Waals surface area contributed by atoms with E-state index in [2.05, 4.69) is 38.1 Å². The van der Waals surface area contributed by atoms with Crippen LogP contribution in [0.2, 0.25) is 0 Å². The van der Waals surface area contributed by atoms with Gasteiger partial charge in [0.1, 0.15) is 6.61 Å². The maximum Gasteiger partial charge on any atom is 0.294 e. The molecule has 1 fully saturated rings. The molecule has 0 bridgehead atoms. The van der Waals surface area contributed by atoms with Crippen molar-refractivity contribution in [1.82, 2.24) is 15.1 Å². The lowest BCUT2D eigenvalue weighted by Gasteiger charge is -2.14. The standard InChI is InChI=1S/C8H12BrN3OS/c1-12(6-2-3-6)4-5-13-8-11-10-7(9)14-8/h6H,2-5H2,1H3. The van der Waals surface area contributed by atoms with E-state index in [-0.39, 0.29) is 0 Å².